The van der Waals surface area contributed by atoms with Gasteiger partial charge in [0.05, 0.1) is 19.1 Å². The molecule has 3 rings (SSSR count). The quantitative estimate of drug-likeness (QED) is 0.892. The van der Waals surface area contributed by atoms with Gasteiger partial charge in [-0.2, -0.15) is 0 Å². The van der Waals surface area contributed by atoms with Crippen molar-refractivity contribution in [3.8, 4) is 0 Å². The van der Waals surface area contributed by atoms with E-state index in [0.717, 1.165) is 25.8 Å². The monoisotopic (exact) mass is 274 g/mol. The van der Waals surface area contributed by atoms with Crippen LogP contribution in [0.5, 0.6) is 0 Å². The van der Waals surface area contributed by atoms with Crippen LogP contribution in [0, 0.1) is 0 Å². The van der Waals surface area contributed by atoms with Crippen molar-refractivity contribution in [2.75, 3.05) is 19.7 Å². The summed E-state index contributed by atoms with van der Waals surface area (Å²) in [6.07, 6.45) is 3.31. The number of ether oxygens (including phenoxy) is 1. The fourth-order valence-electron chi connectivity index (χ4n) is 3.17. The number of carbonyl (C=O) groups is 1. The molecule has 2 heterocycles. The van der Waals surface area contributed by atoms with Gasteiger partial charge in [-0.05, 0) is 30.4 Å². The van der Waals surface area contributed by atoms with Crippen molar-refractivity contribution in [1.29, 1.82) is 0 Å². The maximum atomic E-state index is 12.4. The lowest BCUT2D eigenvalue weighted by atomic mass is 9.95. The molecule has 0 spiro atoms. The third-order valence-corrected chi connectivity index (χ3v) is 4.26. The maximum absolute atomic E-state index is 12.4. The van der Waals surface area contributed by atoms with Crippen LogP contribution in [-0.4, -0.2) is 36.5 Å². The van der Waals surface area contributed by atoms with Gasteiger partial charge < -0.3 is 15.4 Å². The molecule has 0 saturated carbocycles. The largest absolute Gasteiger partial charge is 0.373 e. The van der Waals surface area contributed by atoms with E-state index in [1.807, 2.05) is 17.0 Å². The molecule has 2 unspecified atom stereocenters. The number of piperidine rings is 1. The topological polar surface area (TPSA) is 55.6 Å². The lowest BCUT2D eigenvalue weighted by molar-refractivity contribution is -0.135. The Morgan fingerprint density at radius 2 is 2.25 bits per heavy atom. The Morgan fingerprint density at radius 3 is 3.10 bits per heavy atom. The SMILES string of the molecule is NC1CCCN(C(=O)CC2OCCc3ccccc32)C1. The average Bonchev–Trinajstić information content (AvgIpc) is 2.47. The normalized spacial score (nSPS) is 26.1. The van der Waals surface area contributed by atoms with Crippen LogP contribution in [0.4, 0.5) is 0 Å². The van der Waals surface area contributed by atoms with E-state index in [1.165, 1.54) is 11.1 Å². The number of nitrogens with two attached hydrogens (primary N) is 1. The first-order valence-electron chi connectivity index (χ1n) is 7.47. The lowest BCUT2D eigenvalue weighted by Crippen LogP contribution is -2.46. The van der Waals surface area contributed by atoms with Gasteiger partial charge in [0.2, 0.25) is 5.91 Å². The van der Waals surface area contributed by atoms with Gasteiger partial charge in [0.25, 0.3) is 0 Å². The molecule has 1 fully saturated rings. The highest BCUT2D eigenvalue weighted by Crippen LogP contribution is 2.30. The summed E-state index contributed by atoms with van der Waals surface area (Å²) in [5.41, 5.74) is 8.43. The van der Waals surface area contributed by atoms with Gasteiger partial charge in [0, 0.05) is 19.1 Å². The highest BCUT2D eigenvalue weighted by molar-refractivity contribution is 5.77. The summed E-state index contributed by atoms with van der Waals surface area (Å²) in [4.78, 5) is 14.3. The highest BCUT2D eigenvalue weighted by Gasteiger charge is 2.27. The fourth-order valence-corrected chi connectivity index (χ4v) is 3.17. The van der Waals surface area contributed by atoms with Crippen LogP contribution < -0.4 is 5.73 Å². The number of rotatable bonds is 2. The van der Waals surface area contributed by atoms with E-state index in [4.69, 9.17) is 10.5 Å². The van der Waals surface area contributed by atoms with Crippen molar-refractivity contribution in [1.82, 2.24) is 4.90 Å². The van der Waals surface area contributed by atoms with E-state index in [0.29, 0.717) is 19.6 Å². The minimum atomic E-state index is -0.0920. The zero-order valence-electron chi connectivity index (χ0n) is 11.8. The maximum Gasteiger partial charge on any atom is 0.225 e. The molecule has 0 bridgehead atoms. The molecule has 20 heavy (non-hydrogen) atoms. The van der Waals surface area contributed by atoms with E-state index in [-0.39, 0.29) is 18.1 Å². The highest BCUT2D eigenvalue weighted by atomic mass is 16.5. The van der Waals surface area contributed by atoms with Crippen molar-refractivity contribution in [2.45, 2.75) is 37.8 Å². The molecule has 0 radical (unpaired) electrons. The number of likely N-dealkylation sites (tertiary alicyclic amines) is 1. The van der Waals surface area contributed by atoms with E-state index in [2.05, 4.69) is 12.1 Å². The van der Waals surface area contributed by atoms with Gasteiger partial charge in [-0.1, -0.05) is 24.3 Å². The van der Waals surface area contributed by atoms with Crippen LogP contribution >= 0.6 is 0 Å². The first-order valence-corrected chi connectivity index (χ1v) is 7.47. The molecule has 1 aromatic rings. The molecule has 2 aliphatic rings. The van der Waals surface area contributed by atoms with E-state index >= 15 is 0 Å². The van der Waals surface area contributed by atoms with Crippen molar-refractivity contribution in [3.63, 3.8) is 0 Å². The van der Waals surface area contributed by atoms with Crippen molar-refractivity contribution >= 4 is 5.91 Å². The second-order valence-corrected chi connectivity index (χ2v) is 5.75. The van der Waals surface area contributed by atoms with Crippen LogP contribution in [-0.2, 0) is 16.0 Å². The predicted octanol–water partition coefficient (Wildman–Crippen LogP) is 1.64. The smallest absolute Gasteiger partial charge is 0.225 e. The Labute approximate surface area is 119 Å². The molecule has 1 amide bonds. The van der Waals surface area contributed by atoms with E-state index in [9.17, 15) is 4.79 Å². The molecule has 0 aliphatic carbocycles. The van der Waals surface area contributed by atoms with E-state index in [1.54, 1.807) is 0 Å². The third-order valence-electron chi connectivity index (χ3n) is 4.26. The minimum Gasteiger partial charge on any atom is -0.373 e. The van der Waals surface area contributed by atoms with Crippen LogP contribution in [0.15, 0.2) is 24.3 Å². The molecule has 1 aromatic carbocycles. The second kappa shape index (κ2) is 5.94. The first-order chi connectivity index (χ1) is 9.74. The van der Waals surface area contributed by atoms with Crippen molar-refractivity contribution < 1.29 is 9.53 Å². The van der Waals surface area contributed by atoms with Crippen LogP contribution in [0.25, 0.3) is 0 Å². The number of hydrogen-bond acceptors (Lipinski definition) is 3. The summed E-state index contributed by atoms with van der Waals surface area (Å²) < 4.78 is 5.81. The Hall–Kier alpha value is -1.39. The molecule has 2 aliphatic heterocycles. The number of benzene rings is 1. The van der Waals surface area contributed by atoms with Crippen molar-refractivity contribution in [2.24, 2.45) is 5.73 Å². The Bertz CT molecular complexity index is 489. The Kier molecular flexibility index (Phi) is 4.03. The summed E-state index contributed by atoms with van der Waals surface area (Å²) in [6, 6.07) is 8.40. The van der Waals surface area contributed by atoms with Gasteiger partial charge >= 0.3 is 0 Å². The van der Waals surface area contributed by atoms with Gasteiger partial charge in [0.15, 0.2) is 0 Å². The molecular formula is C16H22N2O2. The number of fused-ring (bicyclic) bond motifs is 1. The van der Waals surface area contributed by atoms with Gasteiger partial charge in [-0.15, -0.1) is 0 Å². The van der Waals surface area contributed by atoms with Gasteiger partial charge in [0.1, 0.15) is 0 Å². The standard InChI is InChI=1S/C16H22N2O2/c17-13-5-3-8-18(11-13)16(19)10-15-14-6-2-1-4-12(14)7-9-20-15/h1-2,4,6,13,15H,3,5,7-11,17H2. The molecule has 1 saturated heterocycles. The number of carbonyl (C=O) groups excluding carboxylic acids is 1. The van der Waals surface area contributed by atoms with Crippen LogP contribution in [0.1, 0.15) is 36.5 Å². The lowest BCUT2D eigenvalue weighted by Gasteiger charge is -2.33. The third kappa shape index (κ3) is 2.86. The van der Waals surface area contributed by atoms with Crippen LogP contribution in [0.3, 0.4) is 0 Å². The molecule has 108 valence electrons. The number of hydrogen-bond donors (Lipinski definition) is 1. The van der Waals surface area contributed by atoms with Crippen LogP contribution in [0.2, 0.25) is 0 Å². The van der Waals surface area contributed by atoms with E-state index < -0.39 is 0 Å². The number of amides is 1. The second-order valence-electron chi connectivity index (χ2n) is 5.75. The first kappa shape index (κ1) is 13.6. The molecule has 2 atom stereocenters. The predicted molar refractivity (Wildman–Crippen MR) is 77.2 cm³/mol. The van der Waals surface area contributed by atoms with Crippen molar-refractivity contribution in [3.05, 3.63) is 35.4 Å². The summed E-state index contributed by atoms with van der Waals surface area (Å²) in [5.74, 6) is 0.168. The Balaban J connectivity index is 1.68. The molecule has 4 heteroatoms. The average molecular weight is 274 g/mol. The summed E-state index contributed by atoms with van der Waals surface area (Å²) in [7, 11) is 0. The Morgan fingerprint density at radius 1 is 1.40 bits per heavy atom. The zero-order chi connectivity index (χ0) is 13.9. The number of nitrogens with zero attached hydrogens (tertiary/aromatic N) is 1. The molecule has 2 N–H and O–H groups in total. The zero-order valence-corrected chi connectivity index (χ0v) is 11.8. The summed E-state index contributed by atoms with van der Waals surface area (Å²) in [6.45, 7) is 2.22. The molecular weight excluding hydrogens is 252 g/mol. The summed E-state index contributed by atoms with van der Waals surface area (Å²) in [5, 5.41) is 0. The van der Waals surface area contributed by atoms with Gasteiger partial charge in [-0.25, -0.2) is 0 Å². The minimum absolute atomic E-state index is 0.0920. The summed E-state index contributed by atoms with van der Waals surface area (Å²) >= 11 is 0. The fraction of sp³-hybridized carbons (Fsp3) is 0.562. The molecule has 0 aromatic heterocycles. The molecule has 4 nitrogen and oxygen atoms in total. The van der Waals surface area contributed by atoms with Gasteiger partial charge in [-0.3, -0.25) is 4.79 Å².